The molecule has 0 aliphatic carbocycles. The Balaban J connectivity index is 1.36. The molecule has 154 valence electrons. The third kappa shape index (κ3) is 3.05. The highest BCUT2D eigenvalue weighted by atomic mass is 16.9. The van der Waals surface area contributed by atoms with Crippen molar-refractivity contribution in [2.75, 3.05) is 0 Å². The fraction of sp³-hybridized carbons (Fsp3) is 0.192. The van der Waals surface area contributed by atoms with Gasteiger partial charge in [-0.15, -0.1) is 0 Å². The molecule has 31 heavy (non-hydrogen) atoms. The topological polar surface area (TPSA) is 54.0 Å². The van der Waals surface area contributed by atoms with Crippen molar-refractivity contribution in [3.8, 4) is 5.75 Å². The molecule has 3 aliphatic rings. The molecule has 6 rings (SSSR count). The van der Waals surface area contributed by atoms with Crippen LogP contribution in [0, 0.1) is 0 Å². The maximum absolute atomic E-state index is 12.9. The van der Waals surface area contributed by atoms with Crippen LogP contribution in [0.15, 0.2) is 96.8 Å². The Labute approximate surface area is 179 Å². The van der Waals surface area contributed by atoms with Crippen LogP contribution < -0.4 is 4.74 Å². The predicted molar refractivity (Wildman–Crippen MR) is 112 cm³/mol. The van der Waals surface area contributed by atoms with Crippen LogP contribution >= 0.6 is 0 Å². The summed E-state index contributed by atoms with van der Waals surface area (Å²) in [4.78, 5) is 12.9. The summed E-state index contributed by atoms with van der Waals surface area (Å²) in [7, 11) is 0. The van der Waals surface area contributed by atoms with Gasteiger partial charge in [0.15, 0.2) is 5.78 Å². The summed E-state index contributed by atoms with van der Waals surface area (Å²) in [6, 6.07) is 27.2. The third-order valence-corrected chi connectivity index (χ3v) is 5.96. The van der Waals surface area contributed by atoms with E-state index in [1.165, 1.54) is 6.26 Å². The van der Waals surface area contributed by atoms with Crippen LogP contribution in [0.25, 0.3) is 0 Å². The number of hydrogen-bond donors (Lipinski definition) is 0. The minimum atomic E-state index is -1.33. The molecule has 0 N–H and O–H groups in total. The van der Waals surface area contributed by atoms with Crippen molar-refractivity contribution in [1.29, 1.82) is 0 Å². The average molecular weight is 412 g/mol. The fourth-order valence-corrected chi connectivity index (χ4v) is 4.45. The van der Waals surface area contributed by atoms with E-state index in [0.29, 0.717) is 16.9 Å². The molecule has 3 heterocycles. The van der Waals surface area contributed by atoms with E-state index in [0.717, 1.165) is 11.1 Å². The number of para-hydroxylation sites is 1. The van der Waals surface area contributed by atoms with Crippen LogP contribution in [0.4, 0.5) is 0 Å². The van der Waals surface area contributed by atoms with Crippen molar-refractivity contribution in [3.05, 3.63) is 113 Å². The first kappa shape index (κ1) is 18.4. The monoisotopic (exact) mass is 412 g/mol. The van der Waals surface area contributed by atoms with Gasteiger partial charge in [-0.2, -0.15) is 0 Å². The summed E-state index contributed by atoms with van der Waals surface area (Å²) in [6.45, 7) is 0. The molecule has 1 saturated heterocycles. The molecule has 1 spiro atoms. The number of rotatable bonds is 2. The normalized spacial score (nSPS) is 25.7. The van der Waals surface area contributed by atoms with Crippen molar-refractivity contribution in [2.45, 2.75) is 30.7 Å². The Morgan fingerprint density at radius 2 is 1.32 bits per heavy atom. The number of carbonyl (C=O) groups is 1. The largest absolute Gasteiger partial charge is 0.484 e. The maximum atomic E-state index is 12.9. The van der Waals surface area contributed by atoms with E-state index in [-0.39, 0.29) is 24.4 Å². The number of hydrogen-bond acceptors (Lipinski definition) is 5. The summed E-state index contributed by atoms with van der Waals surface area (Å²) >= 11 is 0. The maximum Gasteiger partial charge on any atom is 0.331 e. The molecule has 5 nitrogen and oxygen atoms in total. The number of fused-ring (bicyclic) bond motifs is 2. The van der Waals surface area contributed by atoms with Crippen molar-refractivity contribution in [1.82, 2.24) is 0 Å². The van der Waals surface area contributed by atoms with Gasteiger partial charge < -0.3 is 18.9 Å². The molecule has 5 heteroatoms. The van der Waals surface area contributed by atoms with Gasteiger partial charge in [0, 0.05) is 0 Å². The first-order valence-corrected chi connectivity index (χ1v) is 10.4. The quantitative estimate of drug-likeness (QED) is 0.585. The van der Waals surface area contributed by atoms with Gasteiger partial charge in [0.05, 0.1) is 17.6 Å². The van der Waals surface area contributed by atoms with E-state index in [1.807, 2.05) is 78.9 Å². The number of ether oxygens (including phenoxy) is 4. The van der Waals surface area contributed by atoms with E-state index in [9.17, 15) is 4.79 Å². The molecular weight excluding hydrogens is 392 g/mol. The van der Waals surface area contributed by atoms with Gasteiger partial charge in [0.2, 0.25) is 0 Å². The van der Waals surface area contributed by atoms with Crippen molar-refractivity contribution < 1.29 is 23.7 Å². The highest BCUT2D eigenvalue weighted by molar-refractivity contribution is 6.12. The Bertz CT molecular complexity index is 1110. The van der Waals surface area contributed by atoms with E-state index >= 15 is 0 Å². The first-order valence-electron chi connectivity index (χ1n) is 10.4. The minimum Gasteiger partial charge on any atom is -0.484 e. The van der Waals surface area contributed by atoms with Gasteiger partial charge >= 0.3 is 5.97 Å². The lowest BCUT2D eigenvalue weighted by Crippen LogP contribution is -2.45. The Morgan fingerprint density at radius 3 is 1.97 bits per heavy atom. The van der Waals surface area contributed by atoms with Crippen LogP contribution in [0.2, 0.25) is 0 Å². The summed E-state index contributed by atoms with van der Waals surface area (Å²) < 4.78 is 25.0. The second-order valence-corrected chi connectivity index (χ2v) is 7.91. The van der Waals surface area contributed by atoms with Gasteiger partial charge in [-0.3, -0.25) is 4.79 Å². The molecule has 3 atom stereocenters. The highest BCUT2D eigenvalue weighted by Crippen LogP contribution is 2.52. The zero-order valence-corrected chi connectivity index (χ0v) is 16.6. The summed E-state index contributed by atoms with van der Waals surface area (Å²) in [5.41, 5.74) is 3.02. The Kier molecular flexibility index (Phi) is 4.19. The summed E-state index contributed by atoms with van der Waals surface area (Å²) in [6.07, 6.45) is 0.491. The van der Waals surface area contributed by atoms with Gasteiger partial charge in [0.25, 0.3) is 0 Å². The van der Waals surface area contributed by atoms with Gasteiger partial charge in [-0.05, 0) is 23.3 Å². The Hall–Kier alpha value is -3.41. The molecule has 0 unspecified atom stereocenters. The number of Topliss-reactive ketones (excluding diaryl/α,β-unsaturated/α-hetero) is 1. The molecule has 0 aromatic heterocycles. The molecule has 3 aromatic rings. The molecule has 1 fully saturated rings. The van der Waals surface area contributed by atoms with Crippen molar-refractivity contribution in [3.63, 3.8) is 0 Å². The Morgan fingerprint density at radius 1 is 0.742 bits per heavy atom. The number of carbonyl (C=O) groups excluding carboxylic acids is 1. The first-order chi connectivity index (χ1) is 15.2. The van der Waals surface area contributed by atoms with Crippen molar-refractivity contribution >= 4 is 5.78 Å². The fourth-order valence-electron chi connectivity index (χ4n) is 4.45. The molecule has 0 radical (unpaired) electrons. The molecule has 0 saturated carbocycles. The lowest BCUT2D eigenvalue weighted by atomic mass is 9.92. The van der Waals surface area contributed by atoms with Crippen LogP contribution in [0.5, 0.6) is 5.75 Å². The van der Waals surface area contributed by atoms with Gasteiger partial charge in [-0.1, -0.05) is 72.8 Å². The lowest BCUT2D eigenvalue weighted by Gasteiger charge is -2.37. The van der Waals surface area contributed by atoms with Crippen LogP contribution in [0.1, 0.15) is 40.1 Å². The SMILES string of the molecule is O=C1C2=COC3(C[C@@H]2Oc2ccccc21)O[C@@H](c1ccccc1)[C@H](c1ccccc1)O3. The van der Waals surface area contributed by atoms with E-state index in [2.05, 4.69) is 0 Å². The van der Waals surface area contributed by atoms with Crippen LogP contribution in [0.3, 0.4) is 0 Å². The zero-order chi connectivity index (χ0) is 20.8. The second-order valence-electron chi connectivity index (χ2n) is 7.91. The predicted octanol–water partition coefficient (Wildman–Crippen LogP) is 5.12. The molecular formula is C26H20O5. The number of ketones is 1. The van der Waals surface area contributed by atoms with Gasteiger partial charge in [-0.25, -0.2) is 0 Å². The summed E-state index contributed by atoms with van der Waals surface area (Å²) in [5, 5.41) is 0. The van der Waals surface area contributed by atoms with Crippen molar-refractivity contribution in [2.24, 2.45) is 0 Å². The highest BCUT2D eigenvalue weighted by Gasteiger charge is 2.55. The molecule has 0 amide bonds. The average Bonchev–Trinajstić information content (AvgIpc) is 3.19. The molecule has 0 bridgehead atoms. The van der Waals surface area contributed by atoms with E-state index in [4.69, 9.17) is 18.9 Å². The summed E-state index contributed by atoms with van der Waals surface area (Å²) in [5.74, 6) is -0.843. The number of benzene rings is 3. The van der Waals surface area contributed by atoms with Crippen LogP contribution in [-0.4, -0.2) is 17.9 Å². The molecule has 3 aromatic carbocycles. The lowest BCUT2D eigenvalue weighted by molar-refractivity contribution is -0.334. The standard InChI is InChI=1S/C26H20O5/c27-23-19-13-7-8-14-21(19)29-22-15-26(28-16-20(22)23)30-24(17-9-3-1-4-10-17)25(31-26)18-11-5-2-6-12-18/h1-14,16,22,24-25H,15H2/t22-,24-,25-/m0/s1. The zero-order valence-electron chi connectivity index (χ0n) is 16.6. The minimum absolute atomic E-state index is 0.0843. The van der Waals surface area contributed by atoms with Crippen LogP contribution in [-0.2, 0) is 14.2 Å². The molecule has 3 aliphatic heterocycles. The van der Waals surface area contributed by atoms with Gasteiger partial charge in [0.1, 0.15) is 30.3 Å². The second kappa shape index (κ2) is 7.08. The smallest absolute Gasteiger partial charge is 0.331 e. The van der Waals surface area contributed by atoms with E-state index < -0.39 is 12.1 Å². The third-order valence-electron chi connectivity index (χ3n) is 5.96. The van der Waals surface area contributed by atoms with E-state index in [1.54, 1.807) is 6.07 Å².